The second kappa shape index (κ2) is 12.4. The number of hydrogen-bond donors (Lipinski definition) is 5. The number of nitrogens with two attached hydrogens (primary N) is 3. The molecule has 1 aromatic heterocycles. The van der Waals surface area contributed by atoms with E-state index in [-0.39, 0.29) is 40.6 Å². The van der Waals surface area contributed by atoms with Gasteiger partial charge in [-0.05, 0) is 43.2 Å². The van der Waals surface area contributed by atoms with Gasteiger partial charge >= 0.3 is 5.84 Å². The van der Waals surface area contributed by atoms with E-state index in [0.717, 1.165) is 11.3 Å². The number of aromatic hydroxyl groups is 1. The van der Waals surface area contributed by atoms with E-state index in [1.165, 1.54) is 0 Å². The quantitative estimate of drug-likeness (QED) is 0.208. The van der Waals surface area contributed by atoms with Gasteiger partial charge in [-0.1, -0.05) is 25.6 Å². The number of amides is 1. The third-order valence-electron chi connectivity index (χ3n) is 5.91. The molecular formula is C26H35N8O3+. The molecule has 0 aliphatic carbocycles. The fourth-order valence-corrected chi connectivity index (χ4v) is 3.83. The molecule has 1 aliphatic rings. The predicted octanol–water partition coefficient (Wildman–Crippen LogP) is 0.644. The molecule has 0 bridgehead atoms. The molecule has 1 saturated heterocycles. The maximum absolute atomic E-state index is 13.2. The molecule has 0 unspecified atom stereocenters. The van der Waals surface area contributed by atoms with Gasteiger partial charge in [-0.2, -0.15) is 0 Å². The van der Waals surface area contributed by atoms with Gasteiger partial charge in [0, 0.05) is 32.4 Å². The Balaban J connectivity index is 1.73. The lowest BCUT2D eigenvalue weighted by molar-refractivity contribution is -0.512. The van der Waals surface area contributed by atoms with Crippen LogP contribution in [0.25, 0.3) is 0 Å². The summed E-state index contributed by atoms with van der Waals surface area (Å²) < 4.78 is 5.56. The molecule has 8 N–H and O–H groups in total. The molecule has 2 heterocycles. The summed E-state index contributed by atoms with van der Waals surface area (Å²) in [5, 5.41) is 10.8. The van der Waals surface area contributed by atoms with E-state index >= 15 is 0 Å². The van der Waals surface area contributed by atoms with Gasteiger partial charge in [0.2, 0.25) is 5.84 Å². The van der Waals surface area contributed by atoms with Crippen LogP contribution in [0, 0.1) is 6.92 Å². The highest BCUT2D eigenvalue weighted by Gasteiger charge is 2.26. The van der Waals surface area contributed by atoms with Gasteiger partial charge in [0.1, 0.15) is 11.4 Å². The van der Waals surface area contributed by atoms with E-state index < -0.39 is 0 Å². The average molecular weight is 508 g/mol. The monoisotopic (exact) mass is 507 g/mol. The van der Waals surface area contributed by atoms with Crippen LogP contribution in [0.15, 0.2) is 69.9 Å². The zero-order valence-corrected chi connectivity index (χ0v) is 21.2. The summed E-state index contributed by atoms with van der Waals surface area (Å²) in [7, 11) is 0. The molecule has 0 spiro atoms. The lowest BCUT2D eigenvalue weighted by Crippen LogP contribution is -2.79. The van der Waals surface area contributed by atoms with Crippen LogP contribution in [-0.2, 0) is 0 Å². The molecule has 1 amide bonds. The van der Waals surface area contributed by atoms with Crippen molar-refractivity contribution in [3.8, 4) is 5.75 Å². The molecular weight excluding hydrogens is 472 g/mol. The number of rotatable bonds is 7. The number of furan rings is 1. The predicted molar refractivity (Wildman–Crippen MR) is 144 cm³/mol. The first-order chi connectivity index (χ1) is 17.7. The van der Waals surface area contributed by atoms with Crippen LogP contribution in [0.5, 0.6) is 5.75 Å². The maximum Gasteiger partial charge on any atom is 0.309 e. The van der Waals surface area contributed by atoms with Crippen molar-refractivity contribution in [2.75, 3.05) is 26.2 Å². The Bertz CT molecular complexity index is 1240. The Kier molecular flexibility index (Phi) is 9.09. The van der Waals surface area contributed by atoms with Gasteiger partial charge in [0.15, 0.2) is 17.8 Å². The fraction of sp³-hybridized carbons (Fsp3) is 0.308. The topological polar surface area (TPSA) is 174 Å². The van der Waals surface area contributed by atoms with E-state index in [0.29, 0.717) is 38.6 Å². The number of carbonyl (C=O) groups excluding carboxylic acids is 1. The highest BCUT2D eigenvalue weighted by atomic mass is 16.3. The third-order valence-corrected chi connectivity index (χ3v) is 5.91. The lowest BCUT2D eigenvalue weighted by Gasteiger charge is -2.35. The number of phenolic OH excluding ortho intramolecular Hbond substituents is 1. The van der Waals surface area contributed by atoms with Crippen molar-refractivity contribution < 1.29 is 19.3 Å². The normalized spacial score (nSPS) is 16.3. The molecule has 196 valence electrons. The second-order valence-corrected chi connectivity index (χ2v) is 8.56. The minimum absolute atomic E-state index is 0.0180. The number of phenols is 1. The Morgan fingerprint density at radius 3 is 2.57 bits per heavy atom. The first-order valence-corrected chi connectivity index (χ1v) is 12.0. The number of benzene rings is 1. The van der Waals surface area contributed by atoms with Crippen molar-refractivity contribution in [1.82, 2.24) is 9.80 Å². The SMILES string of the molecule is C=C/C=C\N=C(N)N1CCN(C(=O)c2cccc(N=C(N)C(N)=[NH+][C@H](CC)c3cc(C)co3)c2O)CC1. The number of nitrogens with one attached hydrogen (secondary N) is 1. The molecule has 11 heteroatoms. The Morgan fingerprint density at radius 1 is 1.24 bits per heavy atom. The van der Waals surface area contributed by atoms with Gasteiger partial charge in [0.05, 0.1) is 11.8 Å². The van der Waals surface area contributed by atoms with E-state index in [1.54, 1.807) is 47.7 Å². The van der Waals surface area contributed by atoms with E-state index in [9.17, 15) is 9.90 Å². The number of piperazine rings is 1. The Labute approximate surface area is 216 Å². The number of para-hydroxylation sites is 1. The van der Waals surface area contributed by atoms with Crippen LogP contribution in [-0.4, -0.2) is 64.6 Å². The molecule has 11 nitrogen and oxygen atoms in total. The largest absolute Gasteiger partial charge is 0.505 e. The van der Waals surface area contributed by atoms with Crippen LogP contribution in [0.2, 0.25) is 0 Å². The standard InChI is InChI=1S/C26H34N8O3/c1-4-6-10-30-26(29)34-13-11-33(12-14-34)25(36)18-8-7-9-20(22(18)35)32-24(28)23(27)31-19(5-2)21-15-17(3)16-37-21/h4,6-10,15-16,19,35H,1,5,11-14H2,2-3H3,(H2,27,31)(H2,28,32)(H2,29,30)/p+1/b10-6-/t19-/m1/s1. The van der Waals surface area contributed by atoms with Crippen LogP contribution < -0.4 is 22.2 Å². The molecule has 3 rings (SSSR count). The maximum atomic E-state index is 13.2. The van der Waals surface area contributed by atoms with E-state index in [2.05, 4.69) is 21.6 Å². The average Bonchev–Trinajstić information content (AvgIpc) is 3.34. The fourth-order valence-electron chi connectivity index (χ4n) is 3.83. The molecule has 2 aromatic rings. The summed E-state index contributed by atoms with van der Waals surface area (Å²) in [6.45, 7) is 9.38. The molecule has 0 saturated carbocycles. The molecule has 1 fully saturated rings. The molecule has 37 heavy (non-hydrogen) atoms. The van der Waals surface area contributed by atoms with Crippen molar-refractivity contribution in [3.63, 3.8) is 0 Å². The Hall–Kier alpha value is -4.54. The summed E-state index contributed by atoms with van der Waals surface area (Å²) in [5.74, 6) is 0.632. The van der Waals surface area contributed by atoms with Crippen molar-refractivity contribution in [2.24, 2.45) is 27.2 Å². The smallest absolute Gasteiger partial charge is 0.309 e. The van der Waals surface area contributed by atoms with Crippen LogP contribution in [0.1, 0.15) is 41.1 Å². The minimum atomic E-state index is -0.316. The van der Waals surface area contributed by atoms with Crippen LogP contribution >= 0.6 is 0 Å². The summed E-state index contributed by atoms with van der Waals surface area (Å²) >= 11 is 0. The summed E-state index contributed by atoms with van der Waals surface area (Å²) in [5.41, 5.74) is 19.5. The van der Waals surface area contributed by atoms with Gasteiger partial charge in [0.25, 0.3) is 5.91 Å². The van der Waals surface area contributed by atoms with Crippen LogP contribution in [0.3, 0.4) is 0 Å². The number of aliphatic imine (C=N–C) groups is 2. The van der Waals surface area contributed by atoms with Gasteiger partial charge in [-0.15, -0.1) is 0 Å². The van der Waals surface area contributed by atoms with Crippen molar-refractivity contribution in [3.05, 3.63) is 72.3 Å². The summed E-state index contributed by atoms with van der Waals surface area (Å²) in [6.07, 6.45) is 7.22. The summed E-state index contributed by atoms with van der Waals surface area (Å²) in [4.78, 5) is 28.2. The number of allylic oxidation sites excluding steroid dienone is 2. The molecule has 0 radical (unpaired) electrons. The first-order valence-electron chi connectivity index (χ1n) is 12.0. The number of guanidine groups is 1. The second-order valence-electron chi connectivity index (χ2n) is 8.56. The van der Waals surface area contributed by atoms with Gasteiger partial charge in [-0.3, -0.25) is 15.5 Å². The Morgan fingerprint density at radius 2 is 1.95 bits per heavy atom. The number of nitrogens with zero attached hydrogens (tertiary/aromatic N) is 4. The number of hydrogen-bond acceptors (Lipinski definition) is 5. The third kappa shape index (κ3) is 6.78. The molecule has 1 aromatic carbocycles. The van der Waals surface area contributed by atoms with E-state index in [1.807, 2.05) is 24.8 Å². The number of aryl methyl sites for hydroxylation is 1. The lowest BCUT2D eigenvalue weighted by atomic mass is 10.1. The summed E-state index contributed by atoms with van der Waals surface area (Å²) in [6, 6.07) is 6.47. The first kappa shape index (κ1) is 27.1. The highest BCUT2D eigenvalue weighted by Crippen LogP contribution is 2.31. The van der Waals surface area contributed by atoms with Gasteiger partial charge in [-0.25, -0.2) is 9.98 Å². The van der Waals surface area contributed by atoms with Crippen molar-refractivity contribution >= 4 is 29.2 Å². The molecule has 1 atom stereocenters. The van der Waals surface area contributed by atoms with Crippen molar-refractivity contribution in [1.29, 1.82) is 0 Å². The van der Waals surface area contributed by atoms with Gasteiger partial charge < -0.3 is 30.8 Å². The van der Waals surface area contributed by atoms with Crippen LogP contribution in [0.4, 0.5) is 5.69 Å². The minimum Gasteiger partial charge on any atom is -0.505 e. The zero-order chi connectivity index (χ0) is 26.9. The highest BCUT2D eigenvalue weighted by molar-refractivity contribution is 6.37. The molecule has 1 aliphatic heterocycles. The van der Waals surface area contributed by atoms with Crippen molar-refractivity contribution in [2.45, 2.75) is 26.3 Å². The zero-order valence-electron chi connectivity index (χ0n) is 21.2. The number of amidine groups is 2. The number of carbonyl (C=O) groups is 1. The van der Waals surface area contributed by atoms with E-state index in [4.69, 9.17) is 21.6 Å².